The van der Waals surface area contributed by atoms with Gasteiger partial charge in [0.15, 0.2) is 0 Å². The molecule has 1 heterocycles. The van der Waals surface area contributed by atoms with Gasteiger partial charge in [-0.2, -0.15) is 0 Å². The van der Waals surface area contributed by atoms with Gasteiger partial charge in [-0.15, -0.1) is 0 Å². The quantitative estimate of drug-likeness (QED) is 0.929. The molecule has 1 unspecified atom stereocenters. The summed E-state index contributed by atoms with van der Waals surface area (Å²) in [6, 6.07) is 7.21. The molecule has 22 heavy (non-hydrogen) atoms. The Bertz CT molecular complexity index is 564. The van der Waals surface area contributed by atoms with Crippen LogP contribution < -0.4 is 10.6 Å². The maximum atomic E-state index is 12.7. The summed E-state index contributed by atoms with van der Waals surface area (Å²) in [7, 11) is 0. The zero-order chi connectivity index (χ0) is 15.5. The van der Waals surface area contributed by atoms with Crippen LogP contribution in [0.1, 0.15) is 50.5 Å². The van der Waals surface area contributed by atoms with Crippen LogP contribution in [0.3, 0.4) is 0 Å². The number of hydrogen-bond acceptors (Lipinski definition) is 2. The summed E-state index contributed by atoms with van der Waals surface area (Å²) in [5.74, 6) is 0.295. The molecule has 1 aliphatic heterocycles. The van der Waals surface area contributed by atoms with Crippen molar-refractivity contribution in [2.24, 2.45) is 11.7 Å². The van der Waals surface area contributed by atoms with Crippen LogP contribution in [0.4, 0.5) is 5.69 Å². The zero-order valence-electron chi connectivity index (χ0n) is 13.0. The Morgan fingerprint density at radius 1 is 1.14 bits per heavy atom. The summed E-state index contributed by atoms with van der Waals surface area (Å²) in [6.07, 6.45) is 8.37. The number of carbonyl (C=O) groups is 2. The highest BCUT2D eigenvalue weighted by atomic mass is 16.2. The van der Waals surface area contributed by atoms with Crippen LogP contribution in [0, 0.1) is 5.92 Å². The molecule has 4 nitrogen and oxygen atoms in total. The number of benzene rings is 1. The fourth-order valence-electron chi connectivity index (χ4n) is 3.85. The van der Waals surface area contributed by atoms with E-state index in [1.54, 1.807) is 4.90 Å². The van der Waals surface area contributed by atoms with Crippen LogP contribution >= 0.6 is 0 Å². The number of carbonyl (C=O) groups excluding carboxylic acids is 2. The molecule has 0 spiro atoms. The first-order valence-electron chi connectivity index (χ1n) is 8.36. The largest absolute Gasteiger partial charge is 0.368 e. The van der Waals surface area contributed by atoms with Gasteiger partial charge in [0.05, 0.1) is 0 Å². The Hall–Kier alpha value is -1.84. The Balaban J connectivity index is 1.70. The lowest BCUT2D eigenvalue weighted by atomic mass is 9.86. The minimum absolute atomic E-state index is 0.0410. The summed E-state index contributed by atoms with van der Waals surface area (Å²) in [4.78, 5) is 26.0. The minimum Gasteiger partial charge on any atom is -0.368 e. The average Bonchev–Trinajstić information content (AvgIpc) is 2.93. The van der Waals surface area contributed by atoms with Crippen LogP contribution in [0.15, 0.2) is 24.3 Å². The number of anilines is 1. The molecule has 1 atom stereocenters. The zero-order valence-corrected chi connectivity index (χ0v) is 13.0. The molecule has 0 aromatic heterocycles. The second kappa shape index (κ2) is 6.51. The second-order valence-electron chi connectivity index (χ2n) is 6.56. The molecule has 2 amide bonds. The highest BCUT2D eigenvalue weighted by molar-refractivity contribution is 6.03. The summed E-state index contributed by atoms with van der Waals surface area (Å²) < 4.78 is 0. The number of nitrogens with zero attached hydrogens (tertiary/aromatic N) is 1. The third kappa shape index (κ3) is 3.01. The Morgan fingerprint density at radius 3 is 2.59 bits per heavy atom. The molecule has 0 bridgehead atoms. The van der Waals surface area contributed by atoms with E-state index in [4.69, 9.17) is 5.73 Å². The van der Waals surface area contributed by atoms with Crippen molar-refractivity contribution in [2.45, 2.75) is 57.4 Å². The highest BCUT2D eigenvalue weighted by Gasteiger charge is 2.36. The number of fused-ring (bicyclic) bond motifs is 1. The van der Waals surface area contributed by atoms with Gasteiger partial charge in [0.25, 0.3) is 0 Å². The number of amides is 2. The molecule has 1 fully saturated rings. The second-order valence-corrected chi connectivity index (χ2v) is 6.56. The topological polar surface area (TPSA) is 63.4 Å². The van der Waals surface area contributed by atoms with Crippen LogP contribution in [0.2, 0.25) is 0 Å². The molecule has 3 rings (SSSR count). The Labute approximate surface area is 131 Å². The number of para-hydroxylation sites is 1. The lowest BCUT2D eigenvalue weighted by Crippen LogP contribution is -2.46. The third-order valence-corrected chi connectivity index (χ3v) is 5.06. The van der Waals surface area contributed by atoms with Crippen molar-refractivity contribution in [2.75, 3.05) is 4.90 Å². The number of nitrogens with two attached hydrogens (primary N) is 1. The van der Waals surface area contributed by atoms with E-state index in [-0.39, 0.29) is 5.91 Å². The van der Waals surface area contributed by atoms with Crippen molar-refractivity contribution in [1.29, 1.82) is 0 Å². The van der Waals surface area contributed by atoms with Crippen LogP contribution in [-0.4, -0.2) is 17.9 Å². The Kier molecular flexibility index (Phi) is 4.46. The first-order valence-corrected chi connectivity index (χ1v) is 8.36. The van der Waals surface area contributed by atoms with Crippen molar-refractivity contribution >= 4 is 17.5 Å². The minimum atomic E-state index is -0.517. The Morgan fingerprint density at radius 2 is 1.86 bits per heavy atom. The van der Waals surface area contributed by atoms with Crippen molar-refractivity contribution in [3.8, 4) is 0 Å². The molecular weight excluding hydrogens is 276 g/mol. The average molecular weight is 300 g/mol. The predicted octanol–water partition coefficient (Wildman–Crippen LogP) is 2.79. The SMILES string of the molecule is NC(=O)C1Cc2ccccc2N1C(=O)CCC1CCCCC1. The van der Waals surface area contributed by atoms with Gasteiger partial charge < -0.3 is 5.73 Å². The van der Waals surface area contributed by atoms with Gasteiger partial charge in [-0.25, -0.2) is 0 Å². The van der Waals surface area contributed by atoms with Gasteiger partial charge in [0, 0.05) is 18.5 Å². The van der Waals surface area contributed by atoms with Crippen LogP contribution in [0.5, 0.6) is 0 Å². The fourth-order valence-corrected chi connectivity index (χ4v) is 3.85. The summed E-state index contributed by atoms with van der Waals surface area (Å²) in [5.41, 5.74) is 7.41. The molecule has 2 aliphatic rings. The molecule has 4 heteroatoms. The number of hydrogen-bond donors (Lipinski definition) is 1. The van der Waals surface area contributed by atoms with Gasteiger partial charge in [-0.3, -0.25) is 14.5 Å². The summed E-state index contributed by atoms with van der Waals surface area (Å²) >= 11 is 0. The molecule has 1 aromatic rings. The molecular formula is C18H24N2O2. The molecule has 1 saturated carbocycles. The van der Waals surface area contributed by atoms with E-state index in [2.05, 4.69) is 0 Å². The van der Waals surface area contributed by atoms with E-state index in [9.17, 15) is 9.59 Å². The van der Waals surface area contributed by atoms with Crippen molar-refractivity contribution < 1.29 is 9.59 Å². The normalized spacial score (nSPS) is 21.6. The van der Waals surface area contributed by atoms with Gasteiger partial charge in [0.1, 0.15) is 6.04 Å². The van der Waals surface area contributed by atoms with Gasteiger partial charge in [-0.1, -0.05) is 50.3 Å². The first-order chi connectivity index (χ1) is 10.7. The van der Waals surface area contributed by atoms with Gasteiger partial charge in [0.2, 0.25) is 11.8 Å². The van der Waals surface area contributed by atoms with Crippen molar-refractivity contribution in [3.05, 3.63) is 29.8 Å². The molecule has 1 aromatic carbocycles. The summed E-state index contributed by atoms with van der Waals surface area (Å²) in [6.45, 7) is 0. The van der Waals surface area contributed by atoms with E-state index >= 15 is 0 Å². The van der Waals surface area contributed by atoms with Crippen molar-refractivity contribution in [1.82, 2.24) is 0 Å². The van der Waals surface area contributed by atoms with E-state index in [1.165, 1.54) is 32.1 Å². The van der Waals surface area contributed by atoms with Crippen LogP contribution in [-0.2, 0) is 16.0 Å². The van der Waals surface area contributed by atoms with Gasteiger partial charge >= 0.3 is 0 Å². The van der Waals surface area contributed by atoms with Crippen LogP contribution in [0.25, 0.3) is 0 Å². The smallest absolute Gasteiger partial charge is 0.240 e. The predicted molar refractivity (Wildman–Crippen MR) is 86.4 cm³/mol. The maximum Gasteiger partial charge on any atom is 0.240 e. The monoisotopic (exact) mass is 300 g/mol. The standard InChI is InChI=1S/C18H24N2O2/c19-18(22)16-12-14-8-4-5-9-15(14)20(16)17(21)11-10-13-6-2-1-3-7-13/h4-5,8-9,13,16H,1-3,6-7,10-12H2,(H2,19,22). The van der Waals surface area contributed by atoms with Crippen molar-refractivity contribution in [3.63, 3.8) is 0 Å². The molecule has 0 radical (unpaired) electrons. The maximum absolute atomic E-state index is 12.7. The molecule has 0 saturated heterocycles. The third-order valence-electron chi connectivity index (χ3n) is 5.06. The van der Waals surface area contributed by atoms with E-state index in [0.29, 0.717) is 18.8 Å². The first kappa shape index (κ1) is 15.1. The van der Waals surface area contributed by atoms with E-state index < -0.39 is 11.9 Å². The lowest BCUT2D eigenvalue weighted by molar-refractivity contribution is -0.124. The molecule has 2 N–H and O–H groups in total. The molecule has 1 aliphatic carbocycles. The van der Waals surface area contributed by atoms with E-state index in [0.717, 1.165) is 17.7 Å². The molecule has 118 valence electrons. The van der Waals surface area contributed by atoms with E-state index in [1.807, 2.05) is 24.3 Å². The summed E-state index contributed by atoms with van der Waals surface area (Å²) in [5, 5.41) is 0. The lowest BCUT2D eigenvalue weighted by Gasteiger charge is -2.25. The fraction of sp³-hybridized carbons (Fsp3) is 0.556. The van der Waals surface area contributed by atoms with Gasteiger partial charge in [-0.05, 0) is 24.0 Å². The number of rotatable bonds is 4. The highest BCUT2D eigenvalue weighted by Crippen LogP contribution is 2.34. The number of primary amides is 1.